The number of aliphatic hydroxyl groups excluding tert-OH is 11. The van der Waals surface area contributed by atoms with Crippen LogP contribution in [-0.4, -0.2) is 193 Å². The molecule has 17 unspecified atom stereocenters. The van der Waals surface area contributed by atoms with Crippen molar-refractivity contribution in [2.45, 2.75) is 279 Å². The van der Waals surface area contributed by atoms with Crippen LogP contribution in [-0.2, 0) is 33.2 Å². The van der Waals surface area contributed by atoms with Crippen LogP contribution in [0.4, 0.5) is 0 Å². The monoisotopic (exact) mass is 1010 g/mol. The molecular formula is C51H95NO18. The topological polar surface area (TPSA) is 307 Å². The van der Waals surface area contributed by atoms with E-state index in [0.717, 1.165) is 44.9 Å². The van der Waals surface area contributed by atoms with E-state index in [0.29, 0.717) is 6.42 Å². The summed E-state index contributed by atoms with van der Waals surface area (Å²) in [5.74, 6) is -0.277. The van der Waals surface area contributed by atoms with Gasteiger partial charge in [0.2, 0.25) is 5.91 Å². The van der Waals surface area contributed by atoms with Crippen molar-refractivity contribution in [1.82, 2.24) is 5.32 Å². The Kier molecular flexibility index (Phi) is 32.7. The number of carbonyl (C=O) groups excluding carboxylic acids is 1. The summed E-state index contributed by atoms with van der Waals surface area (Å²) in [4.78, 5) is 13.2. The molecule has 3 saturated heterocycles. The summed E-state index contributed by atoms with van der Waals surface area (Å²) in [5, 5.41) is 120. The molecule has 19 nitrogen and oxygen atoms in total. The molecule has 0 spiro atoms. The second-order valence-corrected chi connectivity index (χ2v) is 19.7. The third-order valence-electron chi connectivity index (χ3n) is 13.8. The molecule has 0 radical (unpaired) electrons. The highest BCUT2D eigenvalue weighted by atomic mass is 16.8. The van der Waals surface area contributed by atoms with Gasteiger partial charge in [0.15, 0.2) is 18.9 Å². The van der Waals surface area contributed by atoms with Gasteiger partial charge < -0.3 is 89.9 Å². The Balaban J connectivity index is 1.54. The summed E-state index contributed by atoms with van der Waals surface area (Å²) in [6, 6.07) is -0.964. The summed E-state index contributed by atoms with van der Waals surface area (Å²) >= 11 is 0. The number of hydrogen-bond acceptors (Lipinski definition) is 18. The van der Waals surface area contributed by atoms with Crippen molar-refractivity contribution in [3.05, 3.63) is 12.2 Å². The molecule has 412 valence electrons. The van der Waals surface area contributed by atoms with E-state index < -0.39 is 124 Å². The molecule has 3 heterocycles. The molecule has 19 heteroatoms. The Labute approximate surface area is 416 Å². The fourth-order valence-corrected chi connectivity index (χ4v) is 9.31. The van der Waals surface area contributed by atoms with Gasteiger partial charge in [-0.2, -0.15) is 0 Å². The predicted molar refractivity (Wildman–Crippen MR) is 259 cm³/mol. The Morgan fingerprint density at radius 2 is 0.886 bits per heavy atom. The Bertz CT molecular complexity index is 1350. The first kappa shape index (κ1) is 62.8. The molecule has 0 aromatic heterocycles. The molecule has 70 heavy (non-hydrogen) atoms. The summed E-state index contributed by atoms with van der Waals surface area (Å²) in [6.45, 7) is 1.67. The SMILES string of the molecule is CCCCCCCCCC/C=C/C(O)C(COC1OC(CO)C(OC2OC(CO)C(OC3OC(CO)C(O)C(O)C3O)C(O)C2O)C(O)C1O)NC(=O)CCCCCCCCCCCCCCCCC. The standard InChI is InChI=1S/C51H95NO18/c1-3-5-7-9-11-13-15-16-17-18-19-21-23-25-27-29-39(57)52-34(35(56)28-26-24-22-20-14-12-10-8-6-4-2)33-65-49-45(63)42(60)47(37(31-54)67-49)70-51-46(64)43(61)48(38(32-55)68-51)69-50-44(62)41(59)40(58)36(30-53)66-50/h26,28,34-38,40-51,53-56,58-64H,3-25,27,29-33H2,1-2H3,(H,52,57)/b28-26+. The van der Waals surface area contributed by atoms with Gasteiger partial charge in [0.05, 0.1) is 38.6 Å². The molecule has 0 bridgehead atoms. The zero-order valence-electron chi connectivity index (χ0n) is 42.3. The average Bonchev–Trinajstić information content (AvgIpc) is 3.35. The van der Waals surface area contributed by atoms with E-state index in [1.54, 1.807) is 6.08 Å². The van der Waals surface area contributed by atoms with Crippen molar-refractivity contribution < 1.29 is 89.4 Å². The molecule has 0 aliphatic carbocycles. The molecule has 3 aliphatic heterocycles. The summed E-state index contributed by atoms with van der Waals surface area (Å²) < 4.78 is 34.1. The van der Waals surface area contributed by atoms with Crippen molar-refractivity contribution >= 4 is 5.91 Å². The van der Waals surface area contributed by atoms with E-state index in [9.17, 15) is 61.0 Å². The molecule has 3 fully saturated rings. The number of hydrogen-bond donors (Lipinski definition) is 12. The van der Waals surface area contributed by atoms with Gasteiger partial charge in [0, 0.05) is 6.42 Å². The highest BCUT2D eigenvalue weighted by Gasteiger charge is 2.53. The fraction of sp³-hybridized carbons (Fsp3) is 0.941. The van der Waals surface area contributed by atoms with Gasteiger partial charge in [-0.1, -0.05) is 161 Å². The number of ether oxygens (including phenoxy) is 6. The van der Waals surface area contributed by atoms with E-state index in [4.69, 9.17) is 28.4 Å². The summed E-state index contributed by atoms with van der Waals surface area (Å²) in [5.41, 5.74) is 0. The number of unbranched alkanes of at least 4 members (excludes halogenated alkanes) is 22. The van der Waals surface area contributed by atoms with Gasteiger partial charge in [0.1, 0.15) is 73.2 Å². The number of rotatable bonds is 38. The summed E-state index contributed by atoms with van der Waals surface area (Å²) in [7, 11) is 0. The van der Waals surface area contributed by atoms with Crippen molar-refractivity contribution in [1.29, 1.82) is 0 Å². The lowest BCUT2D eigenvalue weighted by atomic mass is 9.96. The van der Waals surface area contributed by atoms with Crippen molar-refractivity contribution in [3.63, 3.8) is 0 Å². The van der Waals surface area contributed by atoms with E-state index in [-0.39, 0.29) is 18.9 Å². The molecule has 1 amide bonds. The van der Waals surface area contributed by atoms with Crippen LogP contribution in [0.5, 0.6) is 0 Å². The smallest absolute Gasteiger partial charge is 0.220 e. The normalized spacial score (nSPS) is 32.6. The molecule has 0 aromatic carbocycles. The maximum absolute atomic E-state index is 13.2. The first-order valence-electron chi connectivity index (χ1n) is 26.9. The maximum Gasteiger partial charge on any atom is 0.220 e. The van der Waals surface area contributed by atoms with Crippen LogP contribution in [0.2, 0.25) is 0 Å². The second-order valence-electron chi connectivity index (χ2n) is 19.7. The molecule has 3 rings (SSSR count). The lowest BCUT2D eigenvalue weighted by molar-refractivity contribution is -0.379. The first-order valence-corrected chi connectivity index (χ1v) is 26.9. The van der Waals surface area contributed by atoms with Crippen LogP contribution in [0.1, 0.15) is 174 Å². The van der Waals surface area contributed by atoms with Gasteiger partial charge in [-0.15, -0.1) is 0 Å². The molecule has 17 atom stereocenters. The number of carbonyl (C=O) groups is 1. The number of amides is 1. The van der Waals surface area contributed by atoms with Gasteiger partial charge in [-0.25, -0.2) is 0 Å². The van der Waals surface area contributed by atoms with E-state index in [1.165, 1.54) is 103 Å². The largest absolute Gasteiger partial charge is 0.394 e. The molecular weight excluding hydrogens is 915 g/mol. The van der Waals surface area contributed by atoms with E-state index in [1.807, 2.05) is 6.08 Å². The van der Waals surface area contributed by atoms with Crippen LogP contribution in [0, 0.1) is 0 Å². The van der Waals surface area contributed by atoms with Gasteiger partial charge in [-0.05, 0) is 19.3 Å². The van der Waals surface area contributed by atoms with Crippen LogP contribution >= 0.6 is 0 Å². The van der Waals surface area contributed by atoms with Crippen LogP contribution in [0.25, 0.3) is 0 Å². The van der Waals surface area contributed by atoms with Gasteiger partial charge >= 0.3 is 0 Å². The molecule has 0 saturated carbocycles. The highest BCUT2D eigenvalue weighted by molar-refractivity contribution is 5.76. The van der Waals surface area contributed by atoms with Crippen LogP contribution in [0.15, 0.2) is 12.2 Å². The quantitative estimate of drug-likeness (QED) is 0.0313. The third-order valence-corrected chi connectivity index (χ3v) is 13.8. The third kappa shape index (κ3) is 21.8. The second kappa shape index (κ2) is 36.5. The van der Waals surface area contributed by atoms with Crippen molar-refractivity contribution in [3.8, 4) is 0 Å². The molecule has 3 aliphatic rings. The van der Waals surface area contributed by atoms with E-state index in [2.05, 4.69) is 19.2 Å². The lowest BCUT2D eigenvalue weighted by Gasteiger charge is -2.48. The Morgan fingerprint density at radius 3 is 1.34 bits per heavy atom. The van der Waals surface area contributed by atoms with Crippen molar-refractivity contribution in [2.75, 3.05) is 26.4 Å². The summed E-state index contributed by atoms with van der Waals surface area (Å²) in [6.07, 6.45) is 5.02. The predicted octanol–water partition coefficient (Wildman–Crippen LogP) is 2.65. The van der Waals surface area contributed by atoms with Gasteiger partial charge in [-0.3, -0.25) is 4.79 Å². The van der Waals surface area contributed by atoms with Crippen molar-refractivity contribution in [2.24, 2.45) is 0 Å². The highest BCUT2D eigenvalue weighted by Crippen LogP contribution is 2.33. The zero-order valence-corrected chi connectivity index (χ0v) is 42.3. The average molecular weight is 1010 g/mol. The molecule has 0 aromatic rings. The first-order chi connectivity index (χ1) is 33.8. The fourth-order valence-electron chi connectivity index (χ4n) is 9.31. The van der Waals surface area contributed by atoms with Crippen LogP contribution < -0.4 is 5.32 Å². The number of nitrogens with one attached hydrogen (secondary N) is 1. The Morgan fingerprint density at radius 1 is 0.500 bits per heavy atom. The lowest BCUT2D eigenvalue weighted by Crippen LogP contribution is -2.66. The minimum Gasteiger partial charge on any atom is -0.394 e. The minimum atomic E-state index is -1.97. The Hall–Kier alpha value is -1.47. The maximum atomic E-state index is 13.2. The van der Waals surface area contributed by atoms with E-state index >= 15 is 0 Å². The molecule has 12 N–H and O–H groups in total. The number of allylic oxidation sites excluding steroid dienone is 1. The minimum absolute atomic E-state index is 0.248. The van der Waals surface area contributed by atoms with Gasteiger partial charge in [0.25, 0.3) is 0 Å². The zero-order chi connectivity index (χ0) is 51.3. The van der Waals surface area contributed by atoms with Crippen LogP contribution in [0.3, 0.4) is 0 Å². The number of aliphatic hydroxyl groups is 11.